The Balaban J connectivity index is 1.95. The van der Waals surface area contributed by atoms with Crippen molar-refractivity contribution >= 4 is 5.88 Å². The average Bonchev–Trinajstić information content (AvgIpc) is 2.88. The van der Waals surface area contributed by atoms with Crippen molar-refractivity contribution < 1.29 is 9.34 Å². The van der Waals surface area contributed by atoms with Gasteiger partial charge in [0.05, 0.1) is 12.6 Å². The molecule has 0 spiro atoms. The van der Waals surface area contributed by atoms with E-state index in [1.54, 1.807) is 6.07 Å². The van der Waals surface area contributed by atoms with Gasteiger partial charge in [0.1, 0.15) is 10.7 Å². The highest BCUT2D eigenvalue weighted by Gasteiger charge is 2.21. The van der Waals surface area contributed by atoms with Gasteiger partial charge in [-0.1, -0.05) is 6.42 Å². The fourth-order valence-corrected chi connectivity index (χ4v) is 2.57. The van der Waals surface area contributed by atoms with Gasteiger partial charge in [0.15, 0.2) is 0 Å². The van der Waals surface area contributed by atoms with Crippen molar-refractivity contribution in [3.8, 4) is 0 Å². The van der Waals surface area contributed by atoms with Crippen LogP contribution in [0.5, 0.6) is 0 Å². The Hall–Kier alpha value is -1.40. The quantitative estimate of drug-likeness (QED) is 0.641. The zero-order chi connectivity index (χ0) is 14.5. The van der Waals surface area contributed by atoms with Crippen LogP contribution < -0.4 is 5.32 Å². The lowest BCUT2D eigenvalue weighted by Gasteiger charge is -2.32. The number of hydrogen-bond acceptors (Lipinski definition) is 5. The van der Waals surface area contributed by atoms with Crippen LogP contribution >= 0.6 is 0 Å². The normalized spacial score (nSPS) is 19.7. The lowest BCUT2D eigenvalue weighted by atomic mass is 10.0. The molecule has 0 bridgehead atoms. The van der Waals surface area contributed by atoms with Gasteiger partial charge < -0.3 is 9.73 Å². The van der Waals surface area contributed by atoms with Crippen LogP contribution in [0.1, 0.15) is 38.9 Å². The lowest BCUT2D eigenvalue weighted by molar-refractivity contribution is -0.402. The molecule has 2 heterocycles. The minimum absolute atomic E-state index is 0.181. The van der Waals surface area contributed by atoms with Crippen LogP contribution in [0.3, 0.4) is 0 Å². The molecule has 20 heavy (non-hydrogen) atoms. The van der Waals surface area contributed by atoms with Gasteiger partial charge in [0, 0.05) is 18.6 Å². The second kappa shape index (κ2) is 6.85. The molecule has 0 saturated carbocycles. The molecule has 1 saturated heterocycles. The molecule has 1 unspecified atom stereocenters. The van der Waals surface area contributed by atoms with E-state index in [1.807, 2.05) is 0 Å². The molecule has 1 aliphatic rings. The molecule has 1 aromatic heterocycles. The Bertz CT molecular complexity index is 439. The molecule has 2 rings (SSSR count). The predicted octanol–water partition coefficient (Wildman–Crippen LogP) is 2.54. The van der Waals surface area contributed by atoms with Gasteiger partial charge >= 0.3 is 5.88 Å². The monoisotopic (exact) mass is 281 g/mol. The minimum atomic E-state index is -0.494. The van der Waals surface area contributed by atoms with E-state index in [2.05, 4.69) is 24.1 Å². The molecule has 1 aliphatic heterocycles. The first kappa shape index (κ1) is 15.0. The van der Waals surface area contributed by atoms with E-state index in [9.17, 15) is 10.1 Å². The molecular weight excluding hydrogens is 258 g/mol. The number of nitrogens with zero attached hydrogens (tertiary/aromatic N) is 2. The molecule has 0 amide bonds. The van der Waals surface area contributed by atoms with Gasteiger partial charge in [-0.2, -0.15) is 0 Å². The summed E-state index contributed by atoms with van der Waals surface area (Å²) in [5.41, 5.74) is 0. The van der Waals surface area contributed by atoms with Gasteiger partial charge in [-0.25, -0.2) is 0 Å². The summed E-state index contributed by atoms with van der Waals surface area (Å²) in [6.45, 7) is 6.93. The second-order valence-electron chi connectivity index (χ2n) is 5.67. The topological polar surface area (TPSA) is 71.5 Å². The van der Waals surface area contributed by atoms with E-state index in [0.717, 1.165) is 13.1 Å². The second-order valence-corrected chi connectivity index (χ2v) is 5.67. The minimum Gasteiger partial charge on any atom is -0.404 e. The lowest BCUT2D eigenvalue weighted by Crippen LogP contribution is -2.45. The van der Waals surface area contributed by atoms with Gasteiger partial charge in [0.25, 0.3) is 0 Å². The van der Waals surface area contributed by atoms with Crippen molar-refractivity contribution in [1.82, 2.24) is 10.2 Å². The molecule has 112 valence electrons. The molecule has 0 aromatic carbocycles. The average molecular weight is 281 g/mol. The number of piperidine rings is 1. The molecule has 6 nitrogen and oxygen atoms in total. The van der Waals surface area contributed by atoms with E-state index < -0.39 is 4.92 Å². The van der Waals surface area contributed by atoms with Crippen molar-refractivity contribution in [3.63, 3.8) is 0 Å². The van der Waals surface area contributed by atoms with Crippen molar-refractivity contribution in [1.29, 1.82) is 0 Å². The van der Waals surface area contributed by atoms with Gasteiger partial charge in [0.2, 0.25) is 0 Å². The van der Waals surface area contributed by atoms with Crippen LogP contribution in [0.25, 0.3) is 0 Å². The fraction of sp³-hybridized carbons (Fsp3) is 0.714. The van der Waals surface area contributed by atoms with Crippen LogP contribution in [0.4, 0.5) is 5.88 Å². The smallest absolute Gasteiger partial charge is 0.404 e. The van der Waals surface area contributed by atoms with Crippen LogP contribution in [0.2, 0.25) is 0 Å². The summed E-state index contributed by atoms with van der Waals surface area (Å²) in [5.74, 6) is 0.473. The van der Waals surface area contributed by atoms with E-state index in [1.165, 1.54) is 25.3 Å². The Labute approximate surface area is 119 Å². The van der Waals surface area contributed by atoms with Crippen LogP contribution in [0.15, 0.2) is 16.5 Å². The summed E-state index contributed by atoms with van der Waals surface area (Å²) in [5, 5.41) is 14.2. The Kier molecular flexibility index (Phi) is 5.14. The summed E-state index contributed by atoms with van der Waals surface area (Å²) in [6, 6.07) is 4.01. The van der Waals surface area contributed by atoms with Gasteiger partial charge in [-0.3, -0.25) is 15.0 Å². The summed E-state index contributed by atoms with van der Waals surface area (Å²) in [6.07, 6.45) is 3.72. The van der Waals surface area contributed by atoms with E-state index in [-0.39, 0.29) is 5.88 Å². The van der Waals surface area contributed by atoms with Crippen LogP contribution in [-0.4, -0.2) is 35.0 Å². The number of hydrogen-bond donors (Lipinski definition) is 1. The highest BCUT2D eigenvalue weighted by Crippen LogP contribution is 2.19. The predicted molar refractivity (Wildman–Crippen MR) is 76.6 cm³/mol. The molecule has 0 aliphatic carbocycles. The highest BCUT2D eigenvalue weighted by molar-refractivity contribution is 5.17. The zero-order valence-corrected chi connectivity index (χ0v) is 12.2. The van der Waals surface area contributed by atoms with Gasteiger partial charge in [-0.05, 0) is 39.3 Å². The van der Waals surface area contributed by atoms with E-state index in [0.29, 0.717) is 24.4 Å². The third kappa shape index (κ3) is 4.05. The van der Waals surface area contributed by atoms with Crippen molar-refractivity contribution in [2.75, 3.05) is 13.1 Å². The standard InChI is InChI=1S/C14H23N3O3/c1-11(2)16(9-12-5-3-4-8-15-12)10-13-6-7-14(20-13)17(18)19/h6-7,11-12,15H,3-5,8-10H2,1-2H3. The molecule has 1 atom stereocenters. The maximum absolute atomic E-state index is 10.6. The largest absolute Gasteiger partial charge is 0.433 e. The highest BCUT2D eigenvalue weighted by atomic mass is 16.6. The van der Waals surface area contributed by atoms with E-state index >= 15 is 0 Å². The molecule has 6 heteroatoms. The zero-order valence-electron chi connectivity index (χ0n) is 12.2. The molecule has 1 fully saturated rings. The van der Waals surface area contributed by atoms with Crippen LogP contribution in [0, 0.1) is 10.1 Å². The first-order chi connectivity index (χ1) is 9.56. The Morgan fingerprint density at radius 3 is 2.85 bits per heavy atom. The third-order valence-electron chi connectivity index (χ3n) is 3.78. The Morgan fingerprint density at radius 1 is 1.50 bits per heavy atom. The molecular formula is C14H23N3O3. The first-order valence-corrected chi connectivity index (χ1v) is 7.27. The maximum atomic E-state index is 10.6. The summed E-state index contributed by atoms with van der Waals surface area (Å²) >= 11 is 0. The number of nitro groups is 1. The maximum Gasteiger partial charge on any atom is 0.433 e. The van der Waals surface area contributed by atoms with Crippen LogP contribution in [-0.2, 0) is 6.54 Å². The molecule has 1 N–H and O–H groups in total. The number of furan rings is 1. The summed E-state index contributed by atoms with van der Waals surface area (Å²) < 4.78 is 5.25. The Morgan fingerprint density at radius 2 is 2.30 bits per heavy atom. The van der Waals surface area contributed by atoms with Crippen molar-refractivity contribution in [3.05, 3.63) is 28.0 Å². The molecule has 1 aromatic rings. The first-order valence-electron chi connectivity index (χ1n) is 7.27. The SMILES string of the molecule is CC(C)N(Cc1ccc([N+](=O)[O-])o1)CC1CCCCN1. The summed E-state index contributed by atoms with van der Waals surface area (Å²) in [7, 11) is 0. The van der Waals surface area contributed by atoms with E-state index in [4.69, 9.17) is 4.42 Å². The molecule has 0 radical (unpaired) electrons. The summed E-state index contributed by atoms with van der Waals surface area (Å²) in [4.78, 5) is 12.4. The number of nitrogens with one attached hydrogen (secondary N) is 1. The van der Waals surface area contributed by atoms with Gasteiger partial charge in [-0.15, -0.1) is 0 Å². The van der Waals surface area contributed by atoms with Crippen molar-refractivity contribution in [2.24, 2.45) is 0 Å². The van der Waals surface area contributed by atoms with Crippen molar-refractivity contribution in [2.45, 2.75) is 51.7 Å². The fourth-order valence-electron chi connectivity index (χ4n) is 2.57. The third-order valence-corrected chi connectivity index (χ3v) is 3.78. The number of rotatable bonds is 6.